The number of aromatic nitrogens is 2. The second-order valence-corrected chi connectivity index (χ2v) is 6.18. The van der Waals surface area contributed by atoms with Gasteiger partial charge in [0.15, 0.2) is 0 Å². The molecule has 1 unspecified atom stereocenters. The van der Waals surface area contributed by atoms with Crippen molar-refractivity contribution in [1.82, 2.24) is 20.6 Å². The first-order valence-corrected chi connectivity index (χ1v) is 8.49. The van der Waals surface area contributed by atoms with Crippen LogP contribution in [0.5, 0.6) is 0 Å². The smallest absolute Gasteiger partial charge is 0.327 e. The molecule has 1 aromatic heterocycles. The lowest BCUT2D eigenvalue weighted by Crippen LogP contribution is -2.43. The van der Waals surface area contributed by atoms with Gasteiger partial charge in [-0.15, -0.1) is 0 Å². The van der Waals surface area contributed by atoms with Crippen LogP contribution >= 0.6 is 11.8 Å². The zero-order valence-corrected chi connectivity index (χ0v) is 14.3. The van der Waals surface area contributed by atoms with Crippen LogP contribution in [-0.4, -0.2) is 63.0 Å². The van der Waals surface area contributed by atoms with Crippen LogP contribution in [-0.2, 0) is 20.8 Å². The Labute approximate surface area is 144 Å². The van der Waals surface area contributed by atoms with Gasteiger partial charge in [0.2, 0.25) is 11.0 Å². The molecule has 2 atom stereocenters. The molecule has 0 radical (unpaired) electrons. The number of carbonyl (C=O) groups excluding carboxylic acids is 2. The number of thioether (sulfide) groups is 1. The number of carboxylic acids is 1. The van der Waals surface area contributed by atoms with E-state index in [1.807, 2.05) is 0 Å². The minimum Gasteiger partial charge on any atom is -0.480 e. The molecule has 1 heterocycles. The Morgan fingerprint density at radius 3 is 2.71 bits per heavy atom. The van der Waals surface area contributed by atoms with Gasteiger partial charge in [0.1, 0.15) is 6.04 Å². The van der Waals surface area contributed by atoms with Gasteiger partial charge in [0, 0.05) is 31.0 Å². The quantitative estimate of drug-likeness (QED) is 0.320. The highest BCUT2D eigenvalue weighted by atomic mass is 32.2. The molecule has 6 N–H and O–H groups in total. The maximum absolute atomic E-state index is 12.4. The van der Waals surface area contributed by atoms with Crippen LogP contribution in [0.4, 0.5) is 0 Å². The molecule has 9 nitrogen and oxygen atoms in total. The predicted molar refractivity (Wildman–Crippen MR) is 90.5 cm³/mol. The third-order valence-corrected chi connectivity index (χ3v) is 4.17. The van der Waals surface area contributed by atoms with Crippen molar-refractivity contribution in [3.05, 3.63) is 18.2 Å². The Morgan fingerprint density at radius 1 is 1.42 bits per heavy atom. The largest absolute Gasteiger partial charge is 0.480 e. The van der Waals surface area contributed by atoms with Gasteiger partial charge in [-0.1, -0.05) is 11.8 Å². The van der Waals surface area contributed by atoms with E-state index in [4.69, 9.17) is 10.8 Å². The number of imidazole rings is 1. The number of amides is 1. The van der Waals surface area contributed by atoms with Crippen LogP contribution in [0, 0.1) is 0 Å². The number of rotatable bonds is 11. The van der Waals surface area contributed by atoms with Gasteiger partial charge in [-0.3, -0.25) is 9.59 Å². The summed E-state index contributed by atoms with van der Waals surface area (Å²) < 4.78 is 0. The SMILES string of the molecule is CC(=O)NC(CSC(=O)[C@H](Cc1cnc[nH]1)NCCCN)C(=O)O. The molecular weight excluding hydrogens is 334 g/mol. The fourth-order valence-electron chi connectivity index (χ4n) is 1.92. The van der Waals surface area contributed by atoms with Crippen molar-refractivity contribution in [2.24, 2.45) is 5.73 Å². The van der Waals surface area contributed by atoms with E-state index in [2.05, 4.69) is 20.6 Å². The molecule has 1 aromatic rings. The highest BCUT2D eigenvalue weighted by Crippen LogP contribution is 2.12. The van der Waals surface area contributed by atoms with Crippen molar-refractivity contribution < 1.29 is 19.5 Å². The third kappa shape index (κ3) is 7.57. The third-order valence-electron chi connectivity index (χ3n) is 3.10. The first kappa shape index (κ1) is 20.1. The van der Waals surface area contributed by atoms with Crippen molar-refractivity contribution in [2.75, 3.05) is 18.8 Å². The van der Waals surface area contributed by atoms with Crippen molar-refractivity contribution in [3.8, 4) is 0 Å². The summed E-state index contributed by atoms with van der Waals surface area (Å²) in [6.45, 7) is 2.32. The summed E-state index contributed by atoms with van der Waals surface area (Å²) >= 11 is 0.880. The molecule has 134 valence electrons. The number of nitrogens with one attached hydrogen (secondary N) is 3. The van der Waals surface area contributed by atoms with Crippen molar-refractivity contribution in [3.63, 3.8) is 0 Å². The molecule has 1 rings (SSSR count). The molecule has 10 heteroatoms. The molecular formula is C14H23N5O4S. The Kier molecular flexibility index (Phi) is 9.05. The number of nitrogens with two attached hydrogens (primary N) is 1. The molecule has 0 aromatic carbocycles. The number of nitrogens with zero attached hydrogens (tertiary/aromatic N) is 1. The fourth-order valence-corrected chi connectivity index (χ4v) is 2.84. The number of aliphatic carboxylic acids is 1. The van der Waals surface area contributed by atoms with Crippen LogP contribution < -0.4 is 16.4 Å². The maximum atomic E-state index is 12.4. The highest BCUT2D eigenvalue weighted by molar-refractivity contribution is 8.13. The number of carbonyl (C=O) groups is 3. The molecule has 24 heavy (non-hydrogen) atoms. The van der Waals surface area contributed by atoms with Crippen LogP contribution in [0.15, 0.2) is 12.5 Å². The Morgan fingerprint density at radius 2 is 2.17 bits per heavy atom. The monoisotopic (exact) mass is 357 g/mol. The zero-order valence-electron chi connectivity index (χ0n) is 13.4. The van der Waals surface area contributed by atoms with Crippen LogP contribution in [0.3, 0.4) is 0 Å². The minimum atomic E-state index is -1.17. The van der Waals surface area contributed by atoms with Crippen LogP contribution in [0.2, 0.25) is 0 Å². The second-order valence-electron chi connectivity index (χ2n) is 5.15. The van der Waals surface area contributed by atoms with E-state index >= 15 is 0 Å². The molecule has 1 amide bonds. The van der Waals surface area contributed by atoms with Gasteiger partial charge in [-0.05, 0) is 19.5 Å². The normalized spacial score (nSPS) is 13.2. The van der Waals surface area contributed by atoms with Gasteiger partial charge in [0.05, 0.1) is 12.4 Å². The summed E-state index contributed by atoms with van der Waals surface area (Å²) in [6, 6.07) is -1.60. The van der Waals surface area contributed by atoms with Crippen molar-refractivity contribution in [2.45, 2.75) is 31.8 Å². The summed E-state index contributed by atoms with van der Waals surface area (Å²) in [4.78, 5) is 41.4. The summed E-state index contributed by atoms with van der Waals surface area (Å²) in [5, 5.41) is 14.3. The van der Waals surface area contributed by atoms with E-state index in [1.54, 1.807) is 6.20 Å². The van der Waals surface area contributed by atoms with E-state index in [0.29, 0.717) is 19.5 Å². The van der Waals surface area contributed by atoms with Crippen LogP contribution in [0.1, 0.15) is 19.0 Å². The molecule has 0 saturated heterocycles. The number of hydrogen-bond donors (Lipinski definition) is 5. The van der Waals surface area contributed by atoms with Gasteiger partial charge in [-0.2, -0.15) is 0 Å². The molecule has 0 aliphatic rings. The fraction of sp³-hybridized carbons (Fsp3) is 0.571. The number of aromatic amines is 1. The van der Waals surface area contributed by atoms with E-state index in [9.17, 15) is 14.4 Å². The first-order chi connectivity index (χ1) is 11.4. The number of carboxylic acid groups (broad SMARTS) is 1. The molecule has 0 bridgehead atoms. The topological polar surface area (TPSA) is 150 Å². The Balaban J connectivity index is 2.61. The lowest BCUT2D eigenvalue weighted by molar-refractivity contribution is -0.140. The number of hydrogen-bond acceptors (Lipinski definition) is 7. The Bertz CT molecular complexity index is 537. The molecule has 0 aliphatic heterocycles. The van der Waals surface area contributed by atoms with Crippen molar-refractivity contribution >= 4 is 28.8 Å². The molecule has 0 aliphatic carbocycles. The Hall–Kier alpha value is -1.91. The van der Waals surface area contributed by atoms with Gasteiger partial charge >= 0.3 is 5.97 Å². The summed E-state index contributed by atoms with van der Waals surface area (Å²) in [6.07, 6.45) is 4.30. The lowest BCUT2D eigenvalue weighted by Gasteiger charge is -2.18. The van der Waals surface area contributed by atoms with Gasteiger partial charge in [0.25, 0.3) is 0 Å². The van der Waals surface area contributed by atoms with Gasteiger partial charge < -0.3 is 26.5 Å². The highest BCUT2D eigenvalue weighted by Gasteiger charge is 2.24. The summed E-state index contributed by atoms with van der Waals surface area (Å²) in [7, 11) is 0. The maximum Gasteiger partial charge on any atom is 0.327 e. The van der Waals surface area contributed by atoms with Crippen LogP contribution in [0.25, 0.3) is 0 Å². The van der Waals surface area contributed by atoms with E-state index in [1.165, 1.54) is 13.3 Å². The number of H-pyrrole nitrogens is 1. The molecule has 0 fully saturated rings. The average molecular weight is 357 g/mol. The van der Waals surface area contributed by atoms with E-state index in [-0.39, 0.29) is 10.9 Å². The standard InChI is InChI=1S/C14H23N5O4S/c1-9(20)19-12(13(21)22)7-24-14(23)11(17-4-2-3-15)5-10-6-16-8-18-10/h6,8,11-12,17H,2-5,7,15H2,1H3,(H,16,18)(H,19,20)(H,21,22)/t11-,12?/m0/s1. The summed E-state index contributed by atoms with van der Waals surface area (Å²) in [5.41, 5.74) is 6.25. The minimum absolute atomic E-state index is 0.0359. The molecule has 0 saturated carbocycles. The summed E-state index contributed by atoms with van der Waals surface area (Å²) in [5.74, 6) is -1.66. The first-order valence-electron chi connectivity index (χ1n) is 7.51. The average Bonchev–Trinajstić information content (AvgIpc) is 3.02. The van der Waals surface area contributed by atoms with Crippen molar-refractivity contribution in [1.29, 1.82) is 0 Å². The predicted octanol–water partition coefficient (Wildman–Crippen LogP) is -0.892. The lowest BCUT2D eigenvalue weighted by atomic mass is 10.2. The second kappa shape index (κ2) is 10.8. The van der Waals surface area contributed by atoms with E-state index < -0.39 is 24.0 Å². The molecule has 0 spiro atoms. The zero-order chi connectivity index (χ0) is 17.9. The van der Waals surface area contributed by atoms with E-state index in [0.717, 1.165) is 23.9 Å². The van der Waals surface area contributed by atoms with Gasteiger partial charge in [-0.25, -0.2) is 9.78 Å².